The normalized spacial score (nSPS) is 36.0. The van der Waals surface area contributed by atoms with E-state index in [0.29, 0.717) is 12.0 Å². The number of hydrogen-bond acceptors (Lipinski definition) is 1. The first kappa shape index (κ1) is 7.07. The van der Waals surface area contributed by atoms with Crippen LogP contribution in [0.2, 0.25) is 0 Å². The zero-order valence-electron chi connectivity index (χ0n) is 6.55. The van der Waals surface area contributed by atoms with E-state index in [2.05, 4.69) is 20.8 Å². The molecule has 0 aromatic heterocycles. The Bertz CT molecular complexity index is 88.6. The van der Waals surface area contributed by atoms with Gasteiger partial charge in [0.15, 0.2) is 0 Å². The Hall–Kier alpha value is -0.0400. The molecule has 0 amide bonds. The van der Waals surface area contributed by atoms with E-state index in [9.17, 15) is 0 Å². The number of ether oxygens (including phenoxy) is 1. The molecule has 0 aromatic rings. The van der Waals surface area contributed by atoms with E-state index in [1.165, 1.54) is 6.42 Å². The van der Waals surface area contributed by atoms with Crippen molar-refractivity contribution in [3.8, 4) is 0 Å². The zero-order chi connectivity index (χ0) is 6.85. The highest BCUT2D eigenvalue weighted by Crippen LogP contribution is 2.25. The van der Waals surface area contributed by atoms with E-state index in [-0.39, 0.29) is 0 Å². The summed E-state index contributed by atoms with van der Waals surface area (Å²) in [7, 11) is 0. The summed E-state index contributed by atoms with van der Waals surface area (Å²) >= 11 is 0. The van der Waals surface area contributed by atoms with Crippen molar-refractivity contribution >= 4 is 0 Å². The lowest BCUT2D eigenvalue weighted by atomic mass is 9.95. The molecule has 54 valence electrons. The first-order valence-electron chi connectivity index (χ1n) is 3.83. The van der Waals surface area contributed by atoms with Gasteiger partial charge in [-0.1, -0.05) is 20.8 Å². The second kappa shape index (κ2) is 2.70. The molecule has 1 fully saturated rings. The summed E-state index contributed by atoms with van der Waals surface area (Å²) in [6.07, 6.45) is 1.79. The second-order valence-corrected chi connectivity index (χ2v) is 3.35. The van der Waals surface area contributed by atoms with Crippen molar-refractivity contribution in [2.45, 2.75) is 33.3 Å². The molecule has 1 nitrogen and oxygen atoms in total. The largest absolute Gasteiger partial charge is 0.378 e. The first-order chi connectivity index (χ1) is 4.22. The van der Waals surface area contributed by atoms with Crippen LogP contribution in [0.4, 0.5) is 0 Å². The molecule has 1 saturated heterocycles. The van der Waals surface area contributed by atoms with Crippen molar-refractivity contribution in [3.05, 3.63) is 0 Å². The maximum atomic E-state index is 5.53. The molecule has 0 bridgehead atoms. The Morgan fingerprint density at radius 1 is 1.44 bits per heavy atom. The van der Waals surface area contributed by atoms with Crippen LogP contribution in [0.1, 0.15) is 27.2 Å². The van der Waals surface area contributed by atoms with E-state index in [1.54, 1.807) is 0 Å². The topological polar surface area (TPSA) is 9.23 Å². The molecular weight excluding hydrogens is 112 g/mol. The Morgan fingerprint density at radius 2 is 2.11 bits per heavy atom. The van der Waals surface area contributed by atoms with Crippen molar-refractivity contribution in [1.82, 2.24) is 0 Å². The molecule has 0 spiro atoms. The highest BCUT2D eigenvalue weighted by Gasteiger charge is 2.26. The molecule has 1 rings (SSSR count). The van der Waals surface area contributed by atoms with Gasteiger partial charge in [0.05, 0.1) is 6.10 Å². The molecule has 1 heterocycles. The van der Waals surface area contributed by atoms with Gasteiger partial charge in [0.25, 0.3) is 0 Å². The zero-order valence-corrected chi connectivity index (χ0v) is 6.55. The van der Waals surface area contributed by atoms with E-state index in [0.717, 1.165) is 12.5 Å². The van der Waals surface area contributed by atoms with Gasteiger partial charge in [-0.25, -0.2) is 0 Å². The highest BCUT2D eigenvalue weighted by atomic mass is 16.5. The summed E-state index contributed by atoms with van der Waals surface area (Å²) in [5.74, 6) is 1.48. The van der Waals surface area contributed by atoms with Crippen molar-refractivity contribution in [2.24, 2.45) is 11.8 Å². The average molecular weight is 128 g/mol. The van der Waals surface area contributed by atoms with Crippen LogP contribution in [0.5, 0.6) is 0 Å². The Morgan fingerprint density at radius 3 is 2.33 bits per heavy atom. The van der Waals surface area contributed by atoms with Crippen LogP contribution in [-0.2, 0) is 4.74 Å². The summed E-state index contributed by atoms with van der Waals surface area (Å²) in [6.45, 7) is 7.71. The molecule has 1 aliphatic rings. The molecule has 0 saturated carbocycles. The average Bonchev–Trinajstić information content (AvgIpc) is 2.13. The molecule has 0 N–H and O–H groups in total. The Balaban J connectivity index is 2.40. The van der Waals surface area contributed by atoms with E-state index in [1.807, 2.05) is 0 Å². The molecule has 0 radical (unpaired) electrons. The molecule has 9 heavy (non-hydrogen) atoms. The summed E-state index contributed by atoms with van der Waals surface area (Å²) in [6, 6.07) is 0. The third-order valence-corrected chi connectivity index (χ3v) is 2.10. The van der Waals surface area contributed by atoms with Crippen LogP contribution in [-0.4, -0.2) is 12.7 Å². The summed E-state index contributed by atoms with van der Waals surface area (Å²) in [5.41, 5.74) is 0. The van der Waals surface area contributed by atoms with E-state index >= 15 is 0 Å². The lowest BCUT2D eigenvalue weighted by Gasteiger charge is -2.17. The van der Waals surface area contributed by atoms with Crippen LogP contribution < -0.4 is 0 Å². The fourth-order valence-electron chi connectivity index (χ4n) is 1.57. The maximum absolute atomic E-state index is 5.53. The van der Waals surface area contributed by atoms with Crippen LogP contribution in [0, 0.1) is 11.8 Å². The van der Waals surface area contributed by atoms with Gasteiger partial charge in [0, 0.05) is 6.61 Å². The predicted molar refractivity (Wildman–Crippen MR) is 38.4 cm³/mol. The summed E-state index contributed by atoms with van der Waals surface area (Å²) in [4.78, 5) is 0. The van der Waals surface area contributed by atoms with Gasteiger partial charge in [-0.2, -0.15) is 0 Å². The number of rotatable bonds is 1. The first-order valence-corrected chi connectivity index (χ1v) is 3.83. The maximum Gasteiger partial charge on any atom is 0.0624 e. The summed E-state index contributed by atoms with van der Waals surface area (Å²) < 4.78 is 5.53. The Labute approximate surface area is 57.4 Å². The molecular formula is C8H16O. The van der Waals surface area contributed by atoms with Crippen LogP contribution in [0.15, 0.2) is 0 Å². The highest BCUT2D eigenvalue weighted by molar-refractivity contribution is 4.74. The van der Waals surface area contributed by atoms with Gasteiger partial charge >= 0.3 is 0 Å². The smallest absolute Gasteiger partial charge is 0.0624 e. The van der Waals surface area contributed by atoms with Gasteiger partial charge in [-0.05, 0) is 18.3 Å². The lowest BCUT2D eigenvalue weighted by molar-refractivity contribution is 0.0577. The Kier molecular flexibility index (Phi) is 2.12. The fourth-order valence-corrected chi connectivity index (χ4v) is 1.57. The number of hydrogen-bond donors (Lipinski definition) is 0. The van der Waals surface area contributed by atoms with Crippen molar-refractivity contribution in [3.63, 3.8) is 0 Å². The molecule has 0 unspecified atom stereocenters. The molecule has 1 heteroatoms. The molecule has 2 atom stereocenters. The van der Waals surface area contributed by atoms with Gasteiger partial charge < -0.3 is 4.74 Å². The van der Waals surface area contributed by atoms with E-state index in [4.69, 9.17) is 4.74 Å². The minimum atomic E-state index is 0.532. The fraction of sp³-hybridized carbons (Fsp3) is 1.00. The third kappa shape index (κ3) is 1.45. The quantitative estimate of drug-likeness (QED) is 0.525. The monoisotopic (exact) mass is 128 g/mol. The van der Waals surface area contributed by atoms with Crippen LogP contribution in [0.3, 0.4) is 0 Å². The standard InChI is InChI=1S/C8H16O/c1-6(2)8-7(3)4-5-9-8/h6-8H,4-5H2,1-3H3/t7-,8+/m1/s1. The SMILES string of the molecule is CC(C)[C@@H]1OCC[C@H]1C. The minimum Gasteiger partial charge on any atom is -0.378 e. The minimum absolute atomic E-state index is 0.532. The van der Waals surface area contributed by atoms with E-state index < -0.39 is 0 Å². The van der Waals surface area contributed by atoms with Crippen molar-refractivity contribution < 1.29 is 4.74 Å². The van der Waals surface area contributed by atoms with Gasteiger partial charge in [0.2, 0.25) is 0 Å². The van der Waals surface area contributed by atoms with Crippen LogP contribution in [0.25, 0.3) is 0 Å². The van der Waals surface area contributed by atoms with Crippen molar-refractivity contribution in [2.75, 3.05) is 6.61 Å². The van der Waals surface area contributed by atoms with Gasteiger partial charge in [0.1, 0.15) is 0 Å². The third-order valence-electron chi connectivity index (χ3n) is 2.10. The van der Waals surface area contributed by atoms with Gasteiger partial charge in [-0.3, -0.25) is 0 Å². The van der Waals surface area contributed by atoms with Crippen molar-refractivity contribution in [1.29, 1.82) is 0 Å². The lowest BCUT2D eigenvalue weighted by Crippen LogP contribution is -2.19. The molecule has 0 aromatic carbocycles. The molecule has 0 aliphatic carbocycles. The van der Waals surface area contributed by atoms with Crippen LogP contribution >= 0.6 is 0 Å². The molecule has 1 aliphatic heterocycles. The van der Waals surface area contributed by atoms with Gasteiger partial charge in [-0.15, -0.1) is 0 Å². The summed E-state index contributed by atoms with van der Waals surface area (Å²) in [5, 5.41) is 0. The predicted octanol–water partition coefficient (Wildman–Crippen LogP) is 2.07. The second-order valence-electron chi connectivity index (χ2n) is 3.35.